The van der Waals surface area contributed by atoms with Crippen molar-refractivity contribution in [3.05, 3.63) is 48.1 Å². The average molecular weight is 257 g/mol. The molecule has 0 unspecified atom stereocenters. The summed E-state index contributed by atoms with van der Waals surface area (Å²) >= 11 is 0. The molecule has 0 fully saturated rings. The summed E-state index contributed by atoms with van der Waals surface area (Å²) in [6, 6.07) is 5.82. The Balaban J connectivity index is 2.36. The van der Waals surface area contributed by atoms with Crippen molar-refractivity contribution in [2.45, 2.75) is 6.92 Å². The Kier molecular flexibility index (Phi) is 3.97. The highest BCUT2D eigenvalue weighted by Gasteiger charge is 2.06. The van der Waals surface area contributed by atoms with Crippen LogP contribution in [0.2, 0.25) is 0 Å². The van der Waals surface area contributed by atoms with Gasteiger partial charge in [-0.2, -0.15) is 0 Å². The number of rotatable bonds is 4. The van der Waals surface area contributed by atoms with E-state index in [0.717, 1.165) is 22.7 Å². The minimum atomic E-state index is 0.750. The third-order valence-electron chi connectivity index (χ3n) is 2.64. The molecule has 0 aliphatic carbocycles. The van der Waals surface area contributed by atoms with Crippen LogP contribution in [-0.2, 0) is 0 Å². The summed E-state index contributed by atoms with van der Waals surface area (Å²) in [6.45, 7) is 1.94. The van der Waals surface area contributed by atoms with Gasteiger partial charge in [0.05, 0.1) is 31.0 Å². The van der Waals surface area contributed by atoms with E-state index in [2.05, 4.69) is 10.1 Å². The fraction of sp³-hybridized carbons (Fsp3) is 0.143. The highest BCUT2D eigenvalue weighted by molar-refractivity contribution is 5.78. The molecule has 2 rings (SSSR count). The Morgan fingerprint density at radius 1 is 1.42 bits per heavy atom. The second kappa shape index (κ2) is 5.86. The maximum absolute atomic E-state index is 8.32. The van der Waals surface area contributed by atoms with Crippen LogP contribution >= 0.6 is 0 Å². The normalized spacial score (nSPS) is 11.5. The smallest absolute Gasteiger partial charge is 0.143 e. The second-order valence-electron chi connectivity index (χ2n) is 3.98. The molecule has 0 saturated heterocycles. The number of aryl methyl sites for hydroxylation is 1. The van der Waals surface area contributed by atoms with E-state index in [4.69, 9.17) is 9.94 Å². The van der Waals surface area contributed by atoms with E-state index < -0.39 is 0 Å². The van der Waals surface area contributed by atoms with E-state index in [1.54, 1.807) is 19.5 Å². The zero-order valence-corrected chi connectivity index (χ0v) is 10.8. The number of hydrogen-bond acceptors (Lipinski definition) is 4. The number of methoxy groups -OCH3 is 1. The van der Waals surface area contributed by atoms with E-state index in [0.29, 0.717) is 0 Å². The van der Waals surface area contributed by atoms with Crippen LogP contribution in [0.1, 0.15) is 11.3 Å². The molecule has 98 valence electrons. The molecule has 1 N–H and O–H groups in total. The molecule has 0 spiro atoms. The first-order valence-corrected chi connectivity index (χ1v) is 5.77. The van der Waals surface area contributed by atoms with E-state index in [-0.39, 0.29) is 0 Å². The third kappa shape index (κ3) is 3.01. The van der Waals surface area contributed by atoms with E-state index in [1.807, 2.05) is 42.0 Å². The Hall–Kier alpha value is -2.56. The number of ether oxygens (including phenoxy) is 1. The van der Waals surface area contributed by atoms with Crippen molar-refractivity contribution in [1.29, 1.82) is 0 Å². The first-order valence-electron chi connectivity index (χ1n) is 5.77. The lowest BCUT2D eigenvalue weighted by atomic mass is 10.1. The van der Waals surface area contributed by atoms with Crippen molar-refractivity contribution in [2.75, 3.05) is 7.11 Å². The largest absolute Gasteiger partial charge is 0.495 e. The molecule has 0 amide bonds. The first kappa shape index (κ1) is 12.9. The van der Waals surface area contributed by atoms with Crippen LogP contribution in [0.5, 0.6) is 5.75 Å². The van der Waals surface area contributed by atoms with Gasteiger partial charge in [0.25, 0.3) is 0 Å². The number of imidazole rings is 1. The highest BCUT2D eigenvalue weighted by Crippen LogP contribution is 2.24. The molecule has 0 saturated carbocycles. The lowest BCUT2D eigenvalue weighted by molar-refractivity contribution is 0.322. The monoisotopic (exact) mass is 257 g/mol. The van der Waals surface area contributed by atoms with Gasteiger partial charge in [-0.15, -0.1) is 0 Å². The fourth-order valence-corrected chi connectivity index (χ4v) is 1.76. The number of hydrogen-bond donors (Lipinski definition) is 1. The number of nitrogens with zero attached hydrogens (tertiary/aromatic N) is 3. The quantitative estimate of drug-likeness (QED) is 0.520. The van der Waals surface area contributed by atoms with Gasteiger partial charge in [0, 0.05) is 6.20 Å². The summed E-state index contributed by atoms with van der Waals surface area (Å²) in [5, 5.41) is 11.2. The summed E-state index contributed by atoms with van der Waals surface area (Å²) in [5.74, 6) is 0.750. The van der Waals surface area contributed by atoms with Crippen molar-refractivity contribution in [3.63, 3.8) is 0 Å². The maximum atomic E-state index is 8.32. The van der Waals surface area contributed by atoms with Crippen molar-refractivity contribution in [3.8, 4) is 11.4 Å². The molecule has 0 radical (unpaired) electrons. The summed E-state index contributed by atoms with van der Waals surface area (Å²) in [6.07, 6.45) is 8.47. The number of benzene rings is 1. The van der Waals surface area contributed by atoms with Gasteiger partial charge in [-0.25, -0.2) is 4.98 Å². The average Bonchev–Trinajstić information content (AvgIpc) is 2.85. The van der Waals surface area contributed by atoms with Crippen molar-refractivity contribution >= 4 is 12.3 Å². The molecular weight excluding hydrogens is 242 g/mol. The number of allylic oxidation sites excluding steroid dienone is 1. The Labute approximate surface area is 111 Å². The van der Waals surface area contributed by atoms with Crippen LogP contribution in [0, 0.1) is 6.92 Å². The van der Waals surface area contributed by atoms with Crippen LogP contribution in [-0.4, -0.2) is 28.1 Å². The summed E-state index contributed by atoms with van der Waals surface area (Å²) in [4.78, 5) is 4.20. The lowest BCUT2D eigenvalue weighted by Crippen LogP contribution is -1.95. The molecule has 0 bridgehead atoms. The van der Waals surface area contributed by atoms with Gasteiger partial charge in [-0.3, -0.25) is 0 Å². The molecule has 0 atom stereocenters. The molecule has 19 heavy (non-hydrogen) atoms. The van der Waals surface area contributed by atoms with Crippen LogP contribution in [0.3, 0.4) is 0 Å². The molecular formula is C14H15N3O2. The molecule has 1 aromatic heterocycles. The fourth-order valence-electron chi connectivity index (χ4n) is 1.76. The molecule has 2 aromatic rings. The molecule has 5 nitrogen and oxygen atoms in total. The summed E-state index contributed by atoms with van der Waals surface area (Å²) in [7, 11) is 1.63. The lowest BCUT2D eigenvalue weighted by Gasteiger charge is -2.09. The SMILES string of the molecule is COc1cc(/C=C/C=NO)ccc1-n1cnc(C)c1. The van der Waals surface area contributed by atoms with Crippen molar-refractivity contribution < 1.29 is 9.94 Å². The van der Waals surface area contributed by atoms with Crippen LogP contribution < -0.4 is 4.74 Å². The molecule has 1 heterocycles. The van der Waals surface area contributed by atoms with Gasteiger partial charge in [-0.05, 0) is 30.7 Å². The summed E-state index contributed by atoms with van der Waals surface area (Å²) in [5.41, 5.74) is 2.83. The predicted octanol–water partition coefficient (Wildman–Crippen LogP) is 2.66. The number of aromatic nitrogens is 2. The molecule has 0 aliphatic heterocycles. The van der Waals surface area contributed by atoms with Crippen LogP contribution in [0.25, 0.3) is 11.8 Å². The van der Waals surface area contributed by atoms with E-state index in [9.17, 15) is 0 Å². The summed E-state index contributed by atoms with van der Waals surface area (Å²) < 4.78 is 7.30. The zero-order chi connectivity index (χ0) is 13.7. The number of oxime groups is 1. The van der Waals surface area contributed by atoms with E-state index >= 15 is 0 Å². The van der Waals surface area contributed by atoms with Gasteiger partial charge < -0.3 is 14.5 Å². The second-order valence-corrected chi connectivity index (χ2v) is 3.98. The third-order valence-corrected chi connectivity index (χ3v) is 2.64. The van der Waals surface area contributed by atoms with Gasteiger partial charge in [0.15, 0.2) is 0 Å². The molecule has 0 aliphatic rings. The first-order chi connectivity index (χ1) is 9.24. The Bertz CT molecular complexity index is 615. The minimum absolute atomic E-state index is 0.750. The van der Waals surface area contributed by atoms with Crippen molar-refractivity contribution in [1.82, 2.24) is 9.55 Å². The molecule has 1 aromatic carbocycles. The Morgan fingerprint density at radius 3 is 2.89 bits per heavy atom. The van der Waals surface area contributed by atoms with Crippen LogP contribution in [0.15, 0.2) is 42.0 Å². The van der Waals surface area contributed by atoms with Gasteiger partial charge in [-0.1, -0.05) is 17.3 Å². The Morgan fingerprint density at radius 2 is 2.26 bits per heavy atom. The van der Waals surface area contributed by atoms with E-state index in [1.165, 1.54) is 6.21 Å². The standard InChI is InChI=1S/C14H15N3O2/c1-11-9-17(10-15-11)13-6-5-12(4-3-7-16-18)8-14(13)19-2/h3-10,18H,1-2H3/b4-3+,16-7?. The maximum Gasteiger partial charge on any atom is 0.143 e. The van der Waals surface area contributed by atoms with Crippen LogP contribution in [0.4, 0.5) is 0 Å². The van der Waals surface area contributed by atoms with Gasteiger partial charge in [0.1, 0.15) is 5.75 Å². The van der Waals surface area contributed by atoms with Gasteiger partial charge in [0.2, 0.25) is 0 Å². The zero-order valence-electron chi connectivity index (χ0n) is 10.8. The molecule has 5 heteroatoms. The van der Waals surface area contributed by atoms with Crippen molar-refractivity contribution in [2.24, 2.45) is 5.16 Å². The predicted molar refractivity (Wildman–Crippen MR) is 74.2 cm³/mol. The highest BCUT2D eigenvalue weighted by atomic mass is 16.5. The topological polar surface area (TPSA) is 59.6 Å². The van der Waals surface area contributed by atoms with Gasteiger partial charge >= 0.3 is 0 Å². The minimum Gasteiger partial charge on any atom is -0.495 e.